The molecule has 6 nitrogen and oxygen atoms in total. The molecule has 0 atom stereocenters. The lowest BCUT2D eigenvalue weighted by Gasteiger charge is -2.19. The Morgan fingerprint density at radius 2 is 1.88 bits per heavy atom. The van der Waals surface area contributed by atoms with Crippen molar-refractivity contribution in [2.24, 2.45) is 0 Å². The van der Waals surface area contributed by atoms with Crippen molar-refractivity contribution in [1.82, 2.24) is 14.9 Å². The minimum absolute atomic E-state index is 0.129. The minimum Gasteiger partial charge on any atom is -0.486 e. The monoisotopic (exact) mass is 350 g/mol. The third-order valence-electron chi connectivity index (χ3n) is 3.49. The van der Waals surface area contributed by atoms with E-state index >= 15 is 0 Å². The van der Waals surface area contributed by atoms with Gasteiger partial charge >= 0.3 is 0 Å². The van der Waals surface area contributed by atoms with Gasteiger partial charge in [0.25, 0.3) is 0 Å². The summed E-state index contributed by atoms with van der Waals surface area (Å²) in [6.45, 7) is 10.2. The van der Waals surface area contributed by atoms with Gasteiger partial charge in [0.15, 0.2) is 5.82 Å². The van der Waals surface area contributed by atoms with Gasteiger partial charge in [0.2, 0.25) is 5.16 Å². The second kappa shape index (κ2) is 8.39. The van der Waals surface area contributed by atoms with Crippen molar-refractivity contribution in [2.45, 2.75) is 44.9 Å². The Kier molecular flexibility index (Phi) is 6.51. The van der Waals surface area contributed by atoms with E-state index in [0.717, 1.165) is 11.5 Å². The fourth-order valence-corrected chi connectivity index (χ4v) is 2.77. The van der Waals surface area contributed by atoms with Crippen LogP contribution < -0.4 is 10.6 Å². The van der Waals surface area contributed by atoms with Gasteiger partial charge in [0, 0.05) is 12.4 Å². The van der Waals surface area contributed by atoms with Gasteiger partial charge in [-0.1, -0.05) is 44.7 Å². The molecule has 0 radical (unpaired) electrons. The summed E-state index contributed by atoms with van der Waals surface area (Å²) in [5, 5.41) is 8.84. The van der Waals surface area contributed by atoms with Crippen LogP contribution >= 0.6 is 11.8 Å². The van der Waals surface area contributed by atoms with E-state index in [-0.39, 0.29) is 12.0 Å². The smallest absolute Gasteiger partial charge is 0.209 e. The highest BCUT2D eigenvalue weighted by atomic mass is 32.2. The number of nitrogens with two attached hydrogens (primary N) is 1. The molecule has 132 valence electrons. The van der Waals surface area contributed by atoms with E-state index < -0.39 is 0 Å². The van der Waals surface area contributed by atoms with Crippen LogP contribution in [0.25, 0.3) is 0 Å². The number of rotatable bonds is 8. The summed E-state index contributed by atoms with van der Waals surface area (Å²) in [5.41, 5.74) is 1.40. The van der Waals surface area contributed by atoms with Crippen molar-refractivity contribution in [3.63, 3.8) is 0 Å². The molecule has 1 aromatic carbocycles. The Balaban J connectivity index is 1.89. The van der Waals surface area contributed by atoms with Gasteiger partial charge in [-0.25, -0.2) is 4.68 Å². The molecule has 0 fully saturated rings. The summed E-state index contributed by atoms with van der Waals surface area (Å²) in [6.07, 6.45) is 0. The van der Waals surface area contributed by atoms with Crippen molar-refractivity contribution in [3.05, 3.63) is 35.7 Å². The summed E-state index contributed by atoms with van der Waals surface area (Å²) in [4.78, 5) is 0. The predicted molar refractivity (Wildman–Crippen MR) is 96.9 cm³/mol. The largest absolute Gasteiger partial charge is 0.486 e. The summed E-state index contributed by atoms with van der Waals surface area (Å²) < 4.78 is 12.5. The number of hydrogen-bond donors (Lipinski definition) is 1. The van der Waals surface area contributed by atoms with E-state index in [1.807, 2.05) is 19.1 Å². The zero-order valence-corrected chi connectivity index (χ0v) is 15.6. The first-order valence-electron chi connectivity index (χ1n) is 8.05. The summed E-state index contributed by atoms with van der Waals surface area (Å²) in [7, 11) is 0. The molecule has 2 aromatic rings. The molecule has 0 aliphatic carbocycles. The average Bonchev–Trinajstić information content (AvgIpc) is 2.89. The molecule has 2 N–H and O–H groups in total. The molecule has 0 aliphatic rings. The third kappa shape index (κ3) is 5.14. The Hall–Kier alpha value is -1.73. The lowest BCUT2D eigenvalue weighted by Crippen LogP contribution is -2.16. The lowest BCUT2D eigenvalue weighted by atomic mass is 9.87. The molecular formula is C17H26N4O2S. The Morgan fingerprint density at radius 1 is 1.17 bits per heavy atom. The van der Waals surface area contributed by atoms with Crippen LogP contribution in [-0.2, 0) is 16.8 Å². The molecule has 0 saturated carbocycles. The van der Waals surface area contributed by atoms with E-state index in [2.05, 4.69) is 43.1 Å². The first kappa shape index (κ1) is 18.6. The van der Waals surface area contributed by atoms with Gasteiger partial charge in [0.05, 0.1) is 6.61 Å². The number of aromatic nitrogens is 3. The standard InChI is InChI=1S/C17H26N4O2S/c1-5-22-10-11-24-16-20-19-15(21(16)18)12-23-14-8-6-13(7-9-14)17(2,3)4/h6-9H,5,10-12,18H2,1-4H3. The number of nitrogens with zero attached hydrogens (tertiary/aromatic N) is 3. The van der Waals surface area contributed by atoms with Crippen LogP contribution in [-0.4, -0.2) is 33.8 Å². The van der Waals surface area contributed by atoms with Gasteiger partial charge in [-0.05, 0) is 30.0 Å². The molecule has 1 aromatic heterocycles. The highest BCUT2D eigenvalue weighted by Crippen LogP contribution is 2.24. The van der Waals surface area contributed by atoms with Crippen LogP contribution in [0.4, 0.5) is 0 Å². The molecule has 0 spiro atoms. The maximum Gasteiger partial charge on any atom is 0.209 e. The SMILES string of the molecule is CCOCCSc1nnc(COc2ccc(C(C)(C)C)cc2)n1N. The molecule has 2 rings (SSSR count). The van der Waals surface area contributed by atoms with E-state index in [4.69, 9.17) is 15.3 Å². The zero-order valence-electron chi connectivity index (χ0n) is 14.8. The van der Waals surface area contributed by atoms with Crippen LogP contribution in [0.3, 0.4) is 0 Å². The van der Waals surface area contributed by atoms with Crippen LogP contribution in [0, 0.1) is 0 Å². The summed E-state index contributed by atoms with van der Waals surface area (Å²) in [5.74, 6) is 8.18. The zero-order chi connectivity index (χ0) is 17.6. The topological polar surface area (TPSA) is 75.2 Å². The van der Waals surface area contributed by atoms with Crippen molar-refractivity contribution < 1.29 is 9.47 Å². The predicted octanol–water partition coefficient (Wildman–Crippen LogP) is 3.00. The fourth-order valence-electron chi connectivity index (χ4n) is 2.04. The number of thioether (sulfide) groups is 1. The normalized spacial score (nSPS) is 11.7. The quantitative estimate of drug-likeness (QED) is 0.448. The third-order valence-corrected chi connectivity index (χ3v) is 4.39. The summed E-state index contributed by atoms with van der Waals surface area (Å²) in [6, 6.07) is 8.10. The lowest BCUT2D eigenvalue weighted by molar-refractivity contribution is 0.164. The van der Waals surface area contributed by atoms with Crippen molar-refractivity contribution in [2.75, 3.05) is 24.8 Å². The minimum atomic E-state index is 0.129. The molecule has 7 heteroatoms. The Bertz CT molecular complexity index is 635. The van der Waals surface area contributed by atoms with E-state index in [1.165, 1.54) is 22.0 Å². The van der Waals surface area contributed by atoms with Crippen LogP contribution in [0.2, 0.25) is 0 Å². The van der Waals surface area contributed by atoms with Crippen LogP contribution in [0.1, 0.15) is 39.1 Å². The Morgan fingerprint density at radius 3 is 2.50 bits per heavy atom. The second-order valence-electron chi connectivity index (χ2n) is 6.38. The molecule has 0 saturated heterocycles. The van der Waals surface area contributed by atoms with E-state index in [0.29, 0.717) is 24.2 Å². The van der Waals surface area contributed by atoms with E-state index in [1.54, 1.807) is 0 Å². The molecular weight excluding hydrogens is 324 g/mol. The molecule has 0 unspecified atom stereocenters. The fraction of sp³-hybridized carbons (Fsp3) is 0.529. The van der Waals surface area contributed by atoms with Gasteiger partial charge in [-0.15, -0.1) is 10.2 Å². The average molecular weight is 350 g/mol. The van der Waals surface area contributed by atoms with Crippen molar-refractivity contribution in [3.8, 4) is 5.75 Å². The highest BCUT2D eigenvalue weighted by molar-refractivity contribution is 7.99. The van der Waals surface area contributed by atoms with Gasteiger partial charge in [0.1, 0.15) is 12.4 Å². The number of nitrogen functional groups attached to an aromatic ring is 1. The number of ether oxygens (including phenoxy) is 2. The molecule has 0 amide bonds. The number of benzene rings is 1. The van der Waals surface area contributed by atoms with Crippen LogP contribution in [0.15, 0.2) is 29.4 Å². The van der Waals surface area contributed by atoms with Crippen LogP contribution in [0.5, 0.6) is 5.75 Å². The van der Waals surface area contributed by atoms with Gasteiger partial charge in [-0.3, -0.25) is 0 Å². The number of hydrogen-bond acceptors (Lipinski definition) is 6. The van der Waals surface area contributed by atoms with Gasteiger partial charge in [-0.2, -0.15) is 0 Å². The van der Waals surface area contributed by atoms with Crippen molar-refractivity contribution >= 4 is 11.8 Å². The second-order valence-corrected chi connectivity index (χ2v) is 7.44. The summed E-state index contributed by atoms with van der Waals surface area (Å²) >= 11 is 1.52. The first-order valence-corrected chi connectivity index (χ1v) is 9.03. The molecule has 24 heavy (non-hydrogen) atoms. The maximum atomic E-state index is 6.01. The highest BCUT2D eigenvalue weighted by Gasteiger charge is 2.14. The Labute approximate surface area is 147 Å². The van der Waals surface area contributed by atoms with E-state index in [9.17, 15) is 0 Å². The first-order chi connectivity index (χ1) is 11.4. The maximum absolute atomic E-state index is 6.01. The van der Waals surface area contributed by atoms with Gasteiger partial charge < -0.3 is 15.3 Å². The molecule has 0 bridgehead atoms. The molecule has 0 aliphatic heterocycles. The molecule has 1 heterocycles. The van der Waals surface area contributed by atoms with Crippen molar-refractivity contribution in [1.29, 1.82) is 0 Å².